The van der Waals surface area contributed by atoms with Gasteiger partial charge in [0.1, 0.15) is 34.5 Å². The Morgan fingerprint density at radius 1 is 0.363 bits per heavy atom. The van der Waals surface area contributed by atoms with Crippen LogP contribution < -0.4 is 28.4 Å². The quantitative estimate of drug-likeness (QED) is 0.0362. The smallest absolute Gasteiger partial charge is 0.199 e. The van der Waals surface area contributed by atoms with Crippen LogP contribution in [0.25, 0.3) is 33.4 Å². The lowest BCUT2D eigenvalue weighted by molar-refractivity contribution is -0.169. The Morgan fingerprint density at radius 2 is 0.627 bits per heavy atom. The van der Waals surface area contributed by atoms with Gasteiger partial charge in [0.15, 0.2) is 51.3 Å². The molecule has 562 valence electrons. The molecular formula is C88H126O14. The third-order valence-corrected chi connectivity index (χ3v) is 14.5. The second-order valence-corrected chi connectivity index (χ2v) is 26.8. The van der Waals surface area contributed by atoms with E-state index in [2.05, 4.69) is 53.3 Å². The van der Waals surface area contributed by atoms with Gasteiger partial charge in [0, 0.05) is 13.7 Å². The van der Waals surface area contributed by atoms with Gasteiger partial charge in [-0.2, -0.15) is 0 Å². The summed E-state index contributed by atoms with van der Waals surface area (Å²) in [6.07, 6.45) is 5.17. The topological polar surface area (TPSA) is 129 Å². The third kappa shape index (κ3) is 42.0. The first-order valence-electron chi connectivity index (χ1n) is 35.6. The van der Waals surface area contributed by atoms with Gasteiger partial charge in [0.05, 0.1) is 24.4 Å². The summed E-state index contributed by atoms with van der Waals surface area (Å²) < 4.78 is 77.0. The average molecular weight is 1410 g/mol. The first kappa shape index (κ1) is 90.3. The van der Waals surface area contributed by atoms with Crippen molar-refractivity contribution in [2.24, 2.45) is 5.92 Å². The van der Waals surface area contributed by atoms with Crippen LogP contribution in [0, 0.1) is 5.92 Å². The van der Waals surface area contributed by atoms with Gasteiger partial charge in [-0.05, 0) is 250 Å². The molecule has 1 aliphatic rings. The summed E-state index contributed by atoms with van der Waals surface area (Å²) in [5.74, 6) is 5.36. The molecule has 0 amide bonds. The molecule has 0 N–H and O–H groups in total. The van der Waals surface area contributed by atoms with E-state index in [4.69, 9.17) is 66.3 Å². The molecule has 0 heterocycles. The van der Waals surface area contributed by atoms with Gasteiger partial charge in [-0.1, -0.05) is 179 Å². The Balaban J connectivity index is 0.000000418. The minimum absolute atomic E-state index is 0.171. The monoisotopic (exact) mass is 1410 g/mol. The van der Waals surface area contributed by atoms with Crippen molar-refractivity contribution < 1.29 is 66.3 Å². The molecule has 6 aromatic rings. The normalized spacial score (nSPS) is 13.6. The van der Waals surface area contributed by atoms with Gasteiger partial charge in [-0.15, -0.1) is 0 Å². The molecule has 7 rings (SSSR count). The molecule has 102 heavy (non-hydrogen) atoms. The number of allylic oxidation sites excluding steroid dienone is 6. The van der Waals surface area contributed by atoms with Crippen LogP contribution in [0.4, 0.5) is 0 Å². The van der Waals surface area contributed by atoms with Gasteiger partial charge in [0.2, 0.25) is 0 Å². The average Bonchev–Trinajstić information content (AvgIpc) is 0.939. The fourth-order valence-electron chi connectivity index (χ4n) is 9.32. The Morgan fingerprint density at radius 3 is 0.882 bits per heavy atom. The second-order valence-electron chi connectivity index (χ2n) is 26.8. The Bertz CT molecular complexity index is 3290. The molecule has 0 aliphatic heterocycles. The highest BCUT2D eigenvalue weighted by Gasteiger charge is 2.18. The van der Waals surface area contributed by atoms with Crippen molar-refractivity contribution in [2.45, 2.75) is 226 Å². The molecule has 0 spiro atoms. The lowest BCUT2D eigenvalue weighted by atomic mass is 9.98. The summed E-state index contributed by atoms with van der Waals surface area (Å²) in [5.41, 5.74) is 12.9. The molecule has 14 heteroatoms. The summed E-state index contributed by atoms with van der Waals surface area (Å²) in [6, 6.07) is 47.1. The van der Waals surface area contributed by atoms with Crippen LogP contribution in [0.3, 0.4) is 0 Å². The Hall–Kier alpha value is -7.76. The van der Waals surface area contributed by atoms with E-state index in [0.29, 0.717) is 32.0 Å². The Labute approximate surface area is 615 Å². The number of rotatable bonds is 33. The predicted octanol–water partition coefficient (Wildman–Crippen LogP) is 23.6. The molecule has 1 fully saturated rings. The van der Waals surface area contributed by atoms with Crippen molar-refractivity contribution in [3.8, 4) is 34.5 Å². The minimum atomic E-state index is -0.323. The second kappa shape index (κ2) is 49.8. The van der Waals surface area contributed by atoms with Crippen molar-refractivity contribution >= 4 is 33.4 Å². The summed E-state index contributed by atoms with van der Waals surface area (Å²) in [6.45, 7) is 64.7. The van der Waals surface area contributed by atoms with Crippen molar-refractivity contribution in [1.82, 2.24) is 0 Å². The number of benzene rings is 6. The summed E-state index contributed by atoms with van der Waals surface area (Å²) in [4.78, 5) is 0. The van der Waals surface area contributed by atoms with E-state index in [0.717, 1.165) is 114 Å². The molecule has 6 aromatic carbocycles. The van der Waals surface area contributed by atoms with Crippen LogP contribution in [-0.2, 0) is 37.9 Å². The molecule has 1 aliphatic carbocycles. The van der Waals surface area contributed by atoms with E-state index in [-0.39, 0.29) is 56.2 Å². The third-order valence-electron chi connectivity index (χ3n) is 14.5. The molecule has 14 nitrogen and oxygen atoms in total. The van der Waals surface area contributed by atoms with Gasteiger partial charge < -0.3 is 66.3 Å². The van der Waals surface area contributed by atoms with Crippen LogP contribution in [0.5, 0.6) is 34.5 Å². The van der Waals surface area contributed by atoms with Gasteiger partial charge in [-0.3, -0.25) is 0 Å². The Kier molecular flexibility index (Phi) is 44.1. The van der Waals surface area contributed by atoms with Crippen LogP contribution in [0.15, 0.2) is 185 Å². The SMILES string of the molecule is C=C(C)c1ccc(OC(C)OC(C)(C)C)cc1.C=C(C)c1ccc(OC(C)OC(C)C)cc1.C=C(C)c1ccc(OC(C)OCC(C)C)cc1.C=C(C)c1ccc(OC(C)OCC)cc1.C=C(C)c1ccc(OC(C)OCOC)cc1.C=C(C)c1ccc(OC(C)OCOC2CCCCC2)cc1. The number of ether oxygens (including phenoxy) is 14. The lowest BCUT2D eigenvalue weighted by Gasteiger charge is -2.25. The largest absolute Gasteiger partial charge is 0.465 e. The van der Waals surface area contributed by atoms with E-state index in [1.165, 1.54) is 19.3 Å². The van der Waals surface area contributed by atoms with E-state index >= 15 is 0 Å². The van der Waals surface area contributed by atoms with Gasteiger partial charge in [0.25, 0.3) is 0 Å². The summed E-state index contributed by atoms with van der Waals surface area (Å²) >= 11 is 0. The van der Waals surface area contributed by atoms with Crippen molar-refractivity contribution in [3.05, 3.63) is 218 Å². The summed E-state index contributed by atoms with van der Waals surface area (Å²) in [5, 5.41) is 0. The maximum atomic E-state index is 5.73. The molecule has 6 atom stereocenters. The van der Waals surface area contributed by atoms with E-state index in [1.807, 2.05) is 270 Å². The standard InChI is InChI=1S/C18H26O3.2C15H22O2.C14H20O2.C13H18O3.C13H18O2/c1-14(2)16-9-11-18(12-10-16)21-15(3)19-13-20-17-7-5-4-6-8-17;1-11(2)13-7-9-14(10-8-13)16-12(3)17-15(4,5)6;1-11(2)10-16-13(5)17-15-8-6-14(7-9-15)12(3)4;1-10(2)13-6-8-14(9-7-13)16-12(5)15-11(3)4;1-10(2)12-5-7-13(8-6-12)16-11(3)15-9-14-4;1-5-14-11(4)15-13-8-6-12(7-9-13)10(2)3/h9-12,15,17H,1,4-8,13H2,2-3H3;7-10,12H,1H2,2-6H3;6-9,11,13H,3,10H2,1-2,4-5H3;6-9,11-12H,1H2,2-5H3;5-8,11H,1,9H2,2-4H3;6-9,11H,2,5H2,1,3-4H3. The zero-order chi connectivity index (χ0) is 76.3. The lowest BCUT2D eigenvalue weighted by Crippen LogP contribution is -2.29. The fraction of sp³-hybridized carbons (Fsp3) is 0.455. The zero-order valence-electron chi connectivity index (χ0n) is 65.9. The fourth-order valence-corrected chi connectivity index (χ4v) is 9.32. The van der Waals surface area contributed by atoms with Crippen molar-refractivity contribution in [3.63, 3.8) is 0 Å². The zero-order valence-corrected chi connectivity index (χ0v) is 65.9. The molecule has 0 aromatic heterocycles. The first-order valence-corrected chi connectivity index (χ1v) is 35.6. The molecule has 0 radical (unpaired) electrons. The summed E-state index contributed by atoms with van der Waals surface area (Å²) in [7, 11) is 1.58. The highest BCUT2D eigenvalue weighted by atomic mass is 16.8. The van der Waals surface area contributed by atoms with Crippen LogP contribution in [-0.4, -0.2) is 89.5 Å². The first-order chi connectivity index (χ1) is 48.2. The maximum absolute atomic E-state index is 5.73. The predicted molar refractivity (Wildman–Crippen MR) is 424 cm³/mol. The van der Waals surface area contributed by atoms with E-state index in [1.54, 1.807) is 7.11 Å². The van der Waals surface area contributed by atoms with Crippen LogP contribution in [0.1, 0.15) is 204 Å². The molecular weight excluding hydrogens is 1280 g/mol. The number of hydrogen-bond acceptors (Lipinski definition) is 14. The highest BCUT2D eigenvalue weighted by Crippen LogP contribution is 2.26. The van der Waals surface area contributed by atoms with E-state index in [9.17, 15) is 0 Å². The molecule has 1 saturated carbocycles. The number of methoxy groups -OCH3 is 1. The maximum Gasteiger partial charge on any atom is 0.199 e. The molecule has 0 saturated heterocycles. The van der Waals surface area contributed by atoms with Crippen LogP contribution in [0.2, 0.25) is 0 Å². The van der Waals surface area contributed by atoms with Gasteiger partial charge >= 0.3 is 0 Å². The highest BCUT2D eigenvalue weighted by molar-refractivity contribution is 5.65. The molecule has 6 unspecified atom stereocenters. The molecule has 0 bridgehead atoms. The minimum Gasteiger partial charge on any atom is -0.465 e. The van der Waals surface area contributed by atoms with Crippen LogP contribution >= 0.6 is 0 Å². The van der Waals surface area contributed by atoms with E-state index < -0.39 is 0 Å². The number of hydrogen-bond donors (Lipinski definition) is 0. The van der Waals surface area contributed by atoms with Gasteiger partial charge in [-0.25, -0.2) is 0 Å². The van der Waals surface area contributed by atoms with Crippen molar-refractivity contribution in [1.29, 1.82) is 0 Å². The van der Waals surface area contributed by atoms with Crippen molar-refractivity contribution in [2.75, 3.05) is 33.9 Å².